The Bertz CT molecular complexity index is 525. The third-order valence-corrected chi connectivity index (χ3v) is 3.58. The summed E-state index contributed by atoms with van der Waals surface area (Å²) < 4.78 is 0. The van der Waals surface area contributed by atoms with Gasteiger partial charge in [-0.05, 0) is 26.0 Å². The molecule has 1 aromatic rings. The molecule has 2 heterocycles. The van der Waals surface area contributed by atoms with E-state index < -0.39 is 5.97 Å². The van der Waals surface area contributed by atoms with Gasteiger partial charge in [0.25, 0.3) is 0 Å². The molecule has 0 atom stereocenters. The van der Waals surface area contributed by atoms with Crippen LogP contribution in [0.4, 0.5) is 10.5 Å². The molecule has 2 rings (SSSR count). The maximum atomic E-state index is 12.2. The van der Waals surface area contributed by atoms with Gasteiger partial charge in [-0.1, -0.05) is 0 Å². The van der Waals surface area contributed by atoms with Gasteiger partial charge in [-0.15, -0.1) is 0 Å². The largest absolute Gasteiger partial charge is 0.476 e. The van der Waals surface area contributed by atoms with Crippen LogP contribution in [-0.4, -0.2) is 64.1 Å². The topological polar surface area (TPSA) is 85.8 Å². The number of aromatic carboxylic acids is 1. The van der Waals surface area contributed by atoms with E-state index in [4.69, 9.17) is 5.11 Å². The monoisotopic (exact) mass is 292 g/mol. The quantitative estimate of drug-likeness (QED) is 0.878. The summed E-state index contributed by atoms with van der Waals surface area (Å²) >= 11 is 0. The number of nitrogens with zero attached hydrogens (tertiary/aromatic N) is 3. The van der Waals surface area contributed by atoms with E-state index in [0.29, 0.717) is 19.1 Å². The molecule has 114 valence electrons. The van der Waals surface area contributed by atoms with E-state index in [1.54, 1.807) is 17.0 Å². The van der Waals surface area contributed by atoms with Gasteiger partial charge in [-0.2, -0.15) is 0 Å². The third kappa shape index (κ3) is 3.69. The van der Waals surface area contributed by atoms with E-state index in [9.17, 15) is 9.59 Å². The molecular weight excluding hydrogens is 272 g/mol. The van der Waals surface area contributed by atoms with Crippen molar-refractivity contribution in [1.82, 2.24) is 14.8 Å². The van der Waals surface area contributed by atoms with Gasteiger partial charge < -0.3 is 15.3 Å². The van der Waals surface area contributed by atoms with Crippen LogP contribution in [0.3, 0.4) is 0 Å². The number of piperazine rings is 1. The molecule has 1 saturated heterocycles. The van der Waals surface area contributed by atoms with Gasteiger partial charge in [0.15, 0.2) is 5.69 Å². The maximum absolute atomic E-state index is 12.2. The molecular formula is C14H20N4O3. The molecule has 7 heteroatoms. The molecule has 0 aliphatic carbocycles. The SMILES string of the molecule is CC(C)N1CCN(C(=O)Nc2cccnc2C(=O)O)CC1. The average molecular weight is 292 g/mol. The zero-order valence-corrected chi connectivity index (χ0v) is 12.2. The Kier molecular flexibility index (Phi) is 4.74. The van der Waals surface area contributed by atoms with Gasteiger partial charge in [-0.3, -0.25) is 4.90 Å². The van der Waals surface area contributed by atoms with Gasteiger partial charge in [-0.25, -0.2) is 14.6 Å². The van der Waals surface area contributed by atoms with Gasteiger partial charge >= 0.3 is 12.0 Å². The number of carbonyl (C=O) groups is 2. The van der Waals surface area contributed by atoms with Crippen molar-refractivity contribution in [3.8, 4) is 0 Å². The smallest absolute Gasteiger partial charge is 0.356 e. The second kappa shape index (κ2) is 6.53. The van der Waals surface area contributed by atoms with Gasteiger partial charge in [0, 0.05) is 38.4 Å². The lowest BCUT2D eigenvalue weighted by Crippen LogP contribution is -2.51. The van der Waals surface area contributed by atoms with Crippen molar-refractivity contribution in [2.24, 2.45) is 0 Å². The number of carboxylic acid groups (broad SMARTS) is 1. The van der Waals surface area contributed by atoms with Crippen LogP contribution >= 0.6 is 0 Å². The molecule has 1 aliphatic rings. The number of nitrogens with one attached hydrogen (secondary N) is 1. The molecule has 1 aliphatic heterocycles. The highest BCUT2D eigenvalue weighted by Gasteiger charge is 2.23. The van der Waals surface area contributed by atoms with Crippen molar-refractivity contribution < 1.29 is 14.7 Å². The summed E-state index contributed by atoms with van der Waals surface area (Å²) in [6.45, 7) is 7.17. The van der Waals surface area contributed by atoms with Gasteiger partial charge in [0.05, 0.1) is 5.69 Å². The molecule has 0 spiro atoms. The molecule has 21 heavy (non-hydrogen) atoms. The van der Waals surface area contributed by atoms with Crippen LogP contribution in [0.25, 0.3) is 0 Å². The molecule has 0 bridgehead atoms. The highest BCUT2D eigenvalue weighted by atomic mass is 16.4. The van der Waals surface area contributed by atoms with Crippen molar-refractivity contribution >= 4 is 17.7 Å². The highest BCUT2D eigenvalue weighted by molar-refractivity contribution is 5.98. The molecule has 0 radical (unpaired) electrons. The number of carbonyl (C=O) groups excluding carboxylic acids is 1. The normalized spacial score (nSPS) is 16.0. The fourth-order valence-electron chi connectivity index (χ4n) is 2.31. The first kappa shape index (κ1) is 15.2. The zero-order valence-electron chi connectivity index (χ0n) is 12.2. The van der Waals surface area contributed by atoms with E-state index >= 15 is 0 Å². The molecule has 2 N–H and O–H groups in total. The van der Waals surface area contributed by atoms with Crippen LogP contribution in [0.5, 0.6) is 0 Å². The molecule has 1 aromatic heterocycles. The van der Waals surface area contributed by atoms with Crippen molar-refractivity contribution in [2.75, 3.05) is 31.5 Å². The minimum absolute atomic E-state index is 0.147. The number of carboxylic acids is 1. The number of hydrogen-bond acceptors (Lipinski definition) is 4. The number of hydrogen-bond donors (Lipinski definition) is 2. The summed E-state index contributed by atoms with van der Waals surface area (Å²) in [4.78, 5) is 31.0. The molecule has 0 aromatic carbocycles. The first-order valence-electron chi connectivity index (χ1n) is 6.97. The lowest BCUT2D eigenvalue weighted by molar-refractivity contribution is 0.0691. The van der Waals surface area contributed by atoms with Crippen LogP contribution in [0.1, 0.15) is 24.3 Å². The lowest BCUT2D eigenvalue weighted by atomic mass is 10.2. The predicted molar refractivity (Wildman–Crippen MR) is 78.5 cm³/mol. The van der Waals surface area contributed by atoms with Crippen LogP contribution in [0.15, 0.2) is 18.3 Å². The molecule has 0 unspecified atom stereocenters. The van der Waals surface area contributed by atoms with Crippen molar-refractivity contribution in [1.29, 1.82) is 0 Å². The molecule has 1 fully saturated rings. The van der Waals surface area contributed by atoms with Gasteiger partial charge in [0.2, 0.25) is 0 Å². The number of rotatable bonds is 3. The Hall–Kier alpha value is -2.15. The summed E-state index contributed by atoms with van der Waals surface area (Å²) in [6.07, 6.45) is 1.39. The van der Waals surface area contributed by atoms with Crippen LogP contribution in [0.2, 0.25) is 0 Å². The standard InChI is InChI=1S/C14H20N4O3/c1-10(2)17-6-8-18(9-7-17)14(21)16-11-4-3-5-15-12(11)13(19)20/h3-5,10H,6-9H2,1-2H3,(H,16,21)(H,19,20). The Morgan fingerprint density at radius 2 is 1.95 bits per heavy atom. The third-order valence-electron chi connectivity index (χ3n) is 3.58. The van der Waals surface area contributed by atoms with E-state index in [0.717, 1.165) is 13.1 Å². The first-order chi connectivity index (χ1) is 9.99. The van der Waals surface area contributed by atoms with E-state index in [1.807, 2.05) is 0 Å². The minimum Gasteiger partial charge on any atom is -0.476 e. The van der Waals surface area contributed by atoms with Crippen LogP contribution in [-0.2, 0) is 0 Å². The fourth-order valence-corrected chi connectivity index (χ4v) is 2.31. The van der Waals surface area contributed by atoms with Crippen molar-refractivity contribution in [3.05, 3.63) is 24.0 Å². The van der Waals surface area contributed by atoms with Crippen molar-refractivity contribution in [3.63, 3.8) is 0 Å². The van der Waals surface area contributed by atoms with Crippen LogP contribution < -0.4 is 5.32 Å². The second-order valence-electron chi connectivity index (χ2n) is 5.25. The molecule has 7 nitrogen and oxygen atoms in total. The fraction of sp³-hybridized carbons (Fsp3) is 0.500. The van der Waals surface area contributed by atoms with E-state index in [1.165, 1.54) is 6.20 Å². The maximum Gasteiger partial charge on any atom is 0.356 e. The minimum atomic E-state index is -1.16. The summed E-state index contributed by atoms with van der Waals surface area (Å²) in [7, 11) is 0. The van der Waals surface area contributed by atoms with E-state index in [-0.39, 0.29) is 17.4 Å². The highest BCUT2D eigenvalue weighted by Crippen LogP contribution is 2.14. The van der Waals surface area contributed by atoms with Crippen LogP contribution in [0, 0.1) is 0 Å². The number of pyridine rings is 1. The lowest BCUT2D eigenvalue weighted by Gasteiger charge is -2.36. The Labute approximate surface area is 123 Å². The number of amides is 2. The predicted octanol–water partition coefficient (Wildman–Crippen LogP) is 1.34. The summed E-state index contributed by atoms with van der Waals surface area (Å²) in [5.41, 5.74) is 0.0768. The summed E-state index contributed by atoms with van der Waals surface area (Å²) in [5, 5.41) is 11.7. The van der Waals surface area contributed by atoms with E-state index in [2.05, 4.69) is 29.0 Å². The number of urea groups is 1. The second-order valence-corrected chi connectivity index (χ2v) is 5.25. The Balaban J connectivity index is 1.98. The zero-order chi connectivity index (χ0) is 15.4. The number of aromatic nitrogens is 1. The number of anilines is 1. The van der Waals surface area contributed by atoms with Gasteiger partial charge in [0.1, 0.15) is 0 Å². The Morgan fingerprint density at radius 3 is 2.52 bits per heavy atom. The molecule has 2 amide bonds. The summed E-state index contributed by atoms with van der Waals surface area (Å²) in [5.74, 6) is -1.16. The summed E-state index contributed by atoms with van der Waals surface area (Å²) in [6, 6.07) is 3.32. The molecule has 0 saturated carbocycles. The Morgan fingerprint density at radius 1 is 1.29 bits per heavy atom. The van der Waals surface area contributed by atoms with Crippen molar-refractivity contribution in [2.45, 2.75) is 19.9 Å². The first-order valence-corrected chi connectivity index (χ1v) is 6.97. The average Bonchev–Trinajstić information content (AvgIpc) is 2.47.